The first-order valence-electron chi connectivity index (χ1n) is 8.51. The van der Waals surface area contributed by atoms with Crippen molar-refractivity contribution >= 4 is 17.5 Å². The topological polar surface area (TPSA) is 73.9 Å². The van der Waals surface area contributed by atoms with Gasteiger partial charge in [-0.25, -0.2) is 0 Å². The van der Waals surface area contributed by atoms with Gasteiger partial charge in [0.05, 0.1) is 5.69 Å². The molecule has 0 saturated carbocycles. The minimum absolute atomic E-state index is 0.0234. The van der Waals surface area contributed by atoms with Crippen LogP contribution in [0.15, 0.2) is 18.2 Å². The van der Waals surface area contributed by atoms with E-state index in [0.717, 1.165) is 45.7 Å². The van der Waals surface area contributed by atoms with Gasteiger partial charge in [-0.1, -0.05) is 0 Å². The minimum atomic E-state index is -0.188. The van der Waals surface area contributed by atoms with Gasteiger partial charge in [-0.2, -0.15) is 0 Å². The Labute approximate surface area is 140 Å². The second-order valence-corrected chi connectivity index (χ2v) is 6.53. The van der Waals surface area contributed by atoms with Crippen molar-refractivity contribution in [2.45, 2.75) is 12.5 Å². The second kappa shape index (κ2) is 6.41. The molecule has 7 heteroatoms. The van der Waals surface area contributed by atoms with E-state index in [1.54, 1.807) is 18.2 Å². The van der Waals surface area contributed by atoms with Gasteiger partial charge in [0.15, 0.2) is 6.61 Å². The van der Waals surface area contributed by atoms with Crippen molar-refractivity contribution in [3.05, 3.63) is 23.8 Å². The quantitative estimate of drug-likeness (QED) is 0.807. The lowest BCUT2D eigenvalue weighted by molar-refractivity contribution is -0.118. The zero-order valence-electron chi connectivity index (χ0n) is 13.6. The van der Waals surface area contributed by atoms with Crippen LogP contribution in [-0.2, 0) is 4.79 Å². The molecule has 2 saturated heterocycles. The molecule has 1 atom stereocenters. The number of carbonyl (C=O) groups excluding carboxylic acids is 2. The summed E-state index contributed by atoms with van der Waals surface area (Å²) in [5.41, 5.74) is 1.18. The number of rotatable bonds is 2. The molecule has 1 unspecified atom stereocenters. The van der Waals surface area contributed by atoms with Crippen LogP contribution in [0, 0.1) is 0 Å². The van der Waals surface area contributed by atoms with Gasteiger partial charge < -0.3 is 20.3 Å². The lowest BCUT2D eigenvalue weighted by atomic mass is 10.1. The number of fused-ring (bicyclic) bond motifs is 1. The van der Waals surface area contributed by atoms with Crippen molar-refractivity contribution in [2.75, 3.05) is 51.2 Å². The number of ether oxygens (including phenoxy) is 1. The van der Waals surface area contributed by atoms with Crippen LogP contribution in [-0.4, -0.2) is 73.5 Å². The molecular formula is C17H22N4O3. The zero-order valence-corrected chi connectivity index (χ0v) is 13.6. The van der Waals surface area contributed by atoms with Gasteiger partial charge in [-0.3, -0.25) is 14.5 Å². The SMILES string of the molecule is O=C1COc2ccc(C(=O)N3CCC(N4CCNCC4)C3)cc2N1. The molecule has 0 spiro atoms. The molecule has 4 rings (SSSR count). The summed E-state index contributed by atoms with van der Waals surface area (Å²) in [5.74, 6) is 0.452. The maximum Gasteiger partial charge on any atom is 0.262 e. The fraction of sp³-hybridized carbons (Fsp3) is 0.529. The van der Waals surface area contributed by atoms with Crippen LogP contribution >= 0.6 is 0 Å². The molecule has 2 fully saturated rings. The Kier molecular flexibility index (Phi) is 4.12. The summed E-state index contributed by atoms with van der Waals surface area (Å²) < 4.78 is 5.34. The number of nitrogens with zero attached hydrogens (tertiary/aromatic N) is 2. The summed E-state index contributed by atoms with van der Waals surface area (Å²) in [7, 11) is 0. The Hall–Kier alpha value is -2.12. The minimum Gasteiger partial charge on any atom is -0.482 e. The van der Waals surface area contributed by atoms with Gasteiger partial charge in [0, 0.05) is 50.9 Å². The fourth-order valence-corrected chi connectivity index (χ4v) is 3.67. The first kappa shape index (κ1) is 15.4. The van der Waals surface area contributed by atoms with Gasteiger partial charge in [0.1, 0.15) is 5.75 Å². The van der Waals surface area contributed by atoms with E-state index in [1.165, 1.54) is 0 Å². The lowest BCUT2D eigenvalue weighted by Crippen LogP contribution is -2.49. The molecule has 3 aliphatic heterocycles. The summed E-state index contributed by atoms with van der Waals surface area (Å²) >= 11 is 0. The summed E-state index contributed by atoms with van der Waals surface area (Å²) in [4.78, 5) is 28.6. The average molecular weight is 330 g/mol. The number of anilines is 1. The van der Waals surface area contributed by atoms with Gasteiger partial charge >= 0.3 is 0 Å². The summed E-state index contributed by atoms with van der Waals surface area (Å²) in [6.45, 7) is 5.73. The van der Waals surface area contributed by atoms with Gasteiger partial charge in [0.25, 0.3) is 11.8 Å². The zero-order chi connectivity index (χ0) is 16.5. The first-order chi connectivity index (χ1) is 11.7. The smallest absolute Gasteiger partial charge is 0.262 e. The highest BCUT2D eigenvalue weighted by molar-refractivity contribution is 6.00. The predicted molar refractivity (Wildman–Crippen MR) is 89.3 cm³/mol. The third-order valence-corrected chi connectivity index (χ3v) is 4.98. The van der Waals surface area contributed by atoms with E-state index in [1.807, 2.05) is 4.90 Å². The molecule has 1 aromatic carbocycles. The Morgan fingerprint density at radius 2 is 2.04 bits per heavy atom. The molecule has 2 amide bonds. The van der Waals surface area contributed by atoms with E-state index in [2.05, 4.69) is 15.5 Å². The molecule has 24 heavy (non-hydrogen) atoms. The lowest BCUT2D eigenvalue weighted by Gasteiger charge is -2.32. The molecule has 3 heterocycles. The number of likely N-dealkylation sites (tertiary alicyclic amines) is 1. The molecule has 7 nitrogen and oxygen atoms in total. The Bertz CT molecular complexity index is 657. The van der Waals surface area contributed by atoms with Gasteiger partial charge in [-0.15, -0.1) is 0 Å². The van der Waals surface area contributed by atoms with Crippen LogP contribution in [0.5, 0.6) is 5.75 Å². The van der Waals surface area contributed by atoms with Crippen molar-refractivity contribution in [2.24, 2.45) is 0 Å². The van der Waals surface area contributed by atoms with E-state index in [-0.39, 0.29) is 18.4 Å². The number of hydrogen-bond acceptors (Lipinski definition) is 5. The van der Waals surface area contributed by atoms with E-state index in [4.69, 9.17) is 4.74 Å². The van der Waals surface area contributed by atoms with Crippen molar-refractivity contribution in [1.29, 1.82) is 0 Å². The van der Waals surface area contributed by atoms with Crippen LogP contribution in [0.3, 0.4) is 0 Å². The Balaban J connectivity index is 1.44. The van der Waals surface area contributed by atoms with E-state index in [9.17, 15) is 9.59 Å². The number of nitrogens with one attached hydrogen (secondary N) is 2. The van der Waals surface area contributed by atoms with Crippen molar-refractivity contribution < 1.29 is 14.3 Å². The molecule has 0 radical (unpaired) electrons. The monoisotopic (exact) mass is 330 g/mol. The summed E-state index contributed by atoms with van der Waals surface area (Å²) in [6.07, 6.45) is 1.02. The van der Waals surface area contributed by atoms with Gasteiger partial charge in [0.2, 0.25) is 0 Å². The third-order valence-electron chi connectivity index (χ3n) is 4.98. The number of hydrogen-bond donors (Lipinski definition) is 2. The largest absolute Gasteiger partial charge is 0.482 e. The maximum atomic E-state index is 12.8. The molecule has 0 bridgehead atoms. The van der Waals surface area contributed by atoms with Crippen LogP contribution in [0.2, 0.25) is 0 Å². The normalized spacial score (nSPS) is 24.2. The molecule has 2 N–H and O–H groups in total. The Morgan fingerprint density at radius 3 is 2.88 bits per heavy atom. The Morgan fingerprint density at radius 1 is 1.21 bits per heavy atom. The molecule has 0 aromatic heterocycles. The molecule has 3 aliphatic rings. The first-order valence-corrected chi connectivity index (χ1v) is 8.51. The predicted octanol–water partition coefficient (Wildman–Crippen LogP) is 0.137. The number of amides is 2. The highest BCUT2D eigenvalue weighted by atomic mass is 16.5. The van der Waals surface area contributed by atoms with Gasteiger partial charge in [-0.05, 0) is 24.6 Å². The van der Waals surface area contributed by atoms with Crippen molar-refractivity contribution in [1.82, 2.24) is 15.1 Å². The number of carbonyl (C=O) groups is 2. The summed E-state index contributed by atoms with van der Waals surface area (Å²) in [6, 6.07) is 5.70. The van der Waals surface area contributed by atoms with E-state index < -0.39 is 0 Å². The molecule has 1 aromatic rings. The molecule has 128 valence electrons. The van der Waals surface area contributed by atoms with Crippen LogP contribution in [0.1, 0.15) is 16.8 Å². The highest BCUT2D eigenvalue weighted by Gasteiger charge is 2.31. The van der Waals surface area contributed by atoms with Crippen LogP contribution < -0.4 is 15.4 Å². The van der Waals surface area contributed by atoms with Crippen LogP contribution in [0.4, 0.5) is 5.69 Å². The second-order valence-electron chi connectivity index (χ2n) is 6.53. The van der Waals surface area contributed by atoms with Crippen molar-refractivity contribution in [3.63, 3.8) is 0 Å². The fourth-order valence-electron chi connectivity index (χ4n) is 3.67. The standard InChI is InChI=1S/C17H22N4O3/c22-16-11-24-15-2-1-12(9-14(15)19-16)17(23)21-6-3-13(10-21)20-7-4-18-5-8-20/h1-2,9,13,18H,3-8,10-11H2,(H,19,22). The highest BCUT2D eigenvalue weighted by Crippen LogP contribution is 2.29. The van der Waals surface area contributed by atoms with Crippen LogP contribution in [0.25, 0.3) is 0 Å². The molecule has 0 aliphatic carbocycles. The number of benzene rings is 1. The number of piperazine rings is 1. The van der Waals surface area contributed by atoms with E-state index >= 15 is 0 Å². The molecular weight excluding hydrogens is 308 g/mol. The van der Waals surface area contributed by atoms with Crippen molar-refractivity contribution in [3.8, 4) is 5.75 Å². The average Bonchev–Trinajstić information content (AvgIpc) is 3.11. The summed E-state index contributed by atoms with van der Waals surface area (Å²) in [5, 5.41) is 6.12. The van der Waals surface area contributed by atoms with E-state index in [0.29, 0.717) is 23.0 Å². The third kappa shape index (κ3) is 2.97. The maximum absolute atomic E-state index is 12.8.